The van der Waals surface area contributed by atoms with Crippen LogP contribution >= 0.6 is 0 Å². The number of rotatable bonds is 3. The topological polar surface area (TPSA) is 0 Å². The summed E-state index contributed by atoms with van der Waals surface area (Å²) in [6, 6.07) is 0. The Kier molecular flexibility index (Phi) is 5.54. The summed E-state index contributed by atoms with van der Waals surface area (Å²) in [6.07, 6.45) is 9.58. The van der Waals surface area contributed by atoms with Crippen molar-refractivity contribution in [3.63, 3.8) is 0 Å². The van der Waals surface area contributed by atoms with E-state index in [4.69, 9.17) is 0 Å². The average Bonchev–Trinajstić information content (AvgIpc) is 2.05. The number of allylic oxidation sites excluding steroid dienone is 6. The fourth-order valence-corrected chi connectivity index (χ4v) is 0.926. The molecule has 0 nitrogen and oxygen atoms in total. The second-order valence-corrected chi connectivity index (χ2v) is 2.54. The summed E-state index contributed by atoms with van der Waals surface area (Å²) in [7, 11) is 0. The highest BCUT2D eigenvalue weighted by atomic mass is 14.0. The largest absolute Gasteiger partial charge is 0.0877 e. The molecule has 0 aromatic rings. The van der Waals surface area contributed by atoms with Gasteiger partial charge >= 0.3 is 0 Å². The van der Waals surface area contributed by atoms with E-state index < -0.39 is 0 Å². The maximum absolute atomic E-state index is 2.18. The van der Waals surface area contributed by atoms with Crippen molar-refractivity contribution in [2.45, 2.75) is 34.1 Å². The van der Waals surface area contributed by atoms with Gasteiger partial charge in [-0.1, -0.05) is 36.8 Å². The monoisotopic (exact) mass is 150 g/mol. The van der Waals surface area contributed by atoms with Crippen LogP contribution in [0.5, 0.6) is 0 Å². The van der Waals surface area contributed by atoms with E-state index in [-0.39, 0.29) is 0 Å². The smallest absolute Gasteiger partial charge is 0.0305 e. The summed E-state index contributed by atoms with van der Waals surface area (Å²) in [5, 5.41) is 0. The molecular formula is C11H18. The Hall–Kier alpha value is -0.780. The van der Waals surface area contributed by atoms with E-state index in [1.165, 1.54) is 11.1 Å². The summed E-state index contributed by atoms with van der Waals surface area (Å²) in [4.78, 5) is 0. The molecule has 0 N–H and O–H groups in total. The van der Waals surface area contributed by atoms with Crippen LogP contribution in [-0.2, 0) is 0 Å². The van der Waals surface area contributed by atoms with Crippen LogP contribution in [0.15, 0.2) is 35.5 Å². The Morgan fingerprint density at radius 1 is 1.27 bits per heavy atom. The number of hydrogen-bond acceptors (Lipinski definition) is 0. The van der Waals surface area contributed by atoms with Crippen LogP contribution in [0.3, 0.4) is 0 Å². The summed E-state index contributed by atoms with van der Waals surface area (Å²) >= 11 is 0. The van der Waals surface area contributed by atoms with Crippen molar-refractivity contribution < 1.29 is 0 Å². The Bertz CT molecular complexity index is 180. The molecule has 0 aliphatic heterocycles. The minimum absolute atomic E-state index is 1.11. The van der Waals surface area contributed by atoms with Gasteiger partial charge in [-0.25, -0.2) is 0 Å². The van der Waals surface area contributed by atoms with Crippen LogP contribution in [0.4, 0.5) is 0 Å². The lowest BCUT2D eigenvalue weighted by Gasteiger charge is -2.01. The van der Waals surface area contributed by atoms with E-state index in [1.807, 2.05) is 6.92 Å². The van der Waals surface area contributed by atoms with Crippen molar-refractivity contribution in [2.24, 2.45) is 0 Å². The first kappa shape index (κ1) is 10.2. The molecule has 62 valence electrons. The van der Waals surface area contributed by atoms with Gasteiger partial charge in [0.2, 0.25) is 0 Å². The molecule has 0 aliphatic rings. The van der Waals surface area contributed by atoms with Gasteiger partial charge in [-0.2, -0.15) is 0 Å². The van der Waals surface area contributed by atoms with Crippen molar-refractivity contribution in [1.29, 1.82) is 0 Å². The maximum Gasteiger partial charge on any atom is -0.0305 e. The quantitative estimate of drug-likeness (QED) is 0.536. The first-order valence-corrected chi connectivity index (χ1v) is 4.21. The van der Waals surface area contributed by atoms with Crippen LogP contribution in [-0.4, -0.2) is 0 Å². The van der Waals surface area contributed by atoms with Gasteiger partial charge in [0.15, 0.2) is 0 Å². The van der Waals surface area contributed by atoms with E-state index in [0.717, 1.165) is 6.42 Å². The van der Waals surface area contributed by atoms with Crippen LogP contribution < -0.4 is 0 Å². The third-order valence-corrected chi connectivity index (χ3v) is 1.81. The number of hydrogen-bond donors (Lipinski definition) is 0. The van der Waals surface area contributed by atoms with Crippen LogP contribution in [0.1, 0.15) is 34.1 Å². The third-order valence-electron chi connectivity index (χ3n) is 1.81. The second kappa shape index (κ2) is 5.96. The van der Waals surface area contributed by atoms with E-state index in [2.05, 4.69) is 45.1 Å². The van der Waals surface area contributed by atoms with E-state index >= 15 is 0 Å². The predicted molar refractivity (Wildman–Crippen MR) is 52.6 cm³/mol. The van der Waals surface area contributed by atoms with Crippen LogP contribution in [0.2, 0.25) is 0 Å². The maximum atomic E-state index is 2.18. The lowest BCUT2D eigenvalue weighted by Crippen LogP contribution is -1.81. The molecule has 0 bridgehead atoms. The molecular weight excluding hydrogens is 132 g/mol. The van der Waals surface area contributed by atoms with E-state index in [1.54, 1.807) is 0 Å². The summed E-state index contributed by atoms with van der Waals surface area (Å²) in [5.74, 6) is 0. The highest BCUT2D eigenvalue weighted by Crippen LogP contribution is 2.12. The first-order chi connectivity index (χ1) is 5.26. The molecule has 0 saturated carbocycles. The van der Waals surface area contributed by atoms with Crippen molar-refractivity contribution in [1.82, 2.24) is 0 Å². The molecule has 0 atom stereocenters. The Morgan fingerprint density at radius 2 is 1.91 bits per heavy atom. The highest BCUT2D eigenvalue weighted by Gasteiger charge is 1.92. The van der Waals surface area contributed by atoms with Crippen molar-refractivity contribution in [3.8, 4) is 0 Å². The van der Waals surface area contributed by atoms with Gasteiger partial charge < -0.3 is 0 Å². The SMILES string of the molecule is C\C=C(C)/C(=C\C=C\C)CC. The van der Waals surface area contributed by atoms with Gasteiger partial charge in [-0.15, -0.1) is 0 Å². The Balaban J connectivity index is 4.39. The highest BCUT2D eigenvalue weighted by molar-refractivity contribution is 5.31. The second-order valence-electron chi connectivity index (χ2n) is 2.54. The first-order valence-electron chi connectivity index (χ1n) is 4.21. The standard InChI is InChI=1S/C11H18/c1-5-8-9-11(7-3)10(4)6-2/h5-6,8-9H,7H2,1-4H3/b8-5+,10-6-,11-9-. The third kappa shape index (κ3) is 3.82. The summed E-state index contributed by atoms with van der Waals surface area (Å²) < 4.78 is 0. The zero-order chi connectivity index (χ0) is 8.69. The van der Waals surface area contributed by atoms with Gasteiger partial charge in [0.05, 0.1) is 0 Å². The Morgan fingerprint density at radius 3 is 2.27 bits per heavy atom. The van der Waals surface area contributed by atoms with Gasteiger partial charge in [-0.05, 0) is 32.8 Å². The zero-order valence-corrected chi connectivity index (χ0v) is 8.02. The van der Waals surface area contributed by atoms with Crippen LogP contribution in [0, 0.1) is 0 Å². The average molecular weight is 150 g/mol. The molecule has 0 radical (unpaired) electrons. The molecule has 0 rings (SSSR count). The molecule has 0 aromatic carbocycles. The molecule has 0 heterocycles. The van der Waals surface area contributed by atoms with Crippen LogP contribution in [0.25, 0.3) is 0 Å². The summed E-state index contributed by atoms with van der Waals surface area (Å²) in [6.45, 7) is 8.45. The lowest BCUT2D eigenvalue weighted by molar-refractivity contribution is 1.10. The zero-order valence-electron chi connectivity index (χ0n) is 8.02. The minimum atomic E-state index is 1.11. The predicted octanol–water partition coefficient (Wildman–Crippen LogP) is 3.87. The molecule has 0 unspecified atom stereocenters. The van der Waals surface area contributed by atoms with Crippen molar-refractivity contribution in [2.75, 3.05) is 0 Å². The normalized spacial score (nSPS) is 14.5. The molecule has 0 aliphatic carbocycles. The molecule has 0 saturated heterocycles. The van der Waals surface area contributed by atoms with Gasteiger partial charge in [0.25, 0.3) is 0 Å². The molecule has 0 aromatic heterocycles. The molecule has 0 spiro atoms. The molecule has 0 fully saturated rings. The molecule has 0 heteroatoms. The van der Waals surface area contributed by atoms with Crippen molar-refractivity contribution >= 4 is 0 Å². The summed E-state index contributed by atoms with van der Waals surface area (Å²) in [5.41, 5.74) is 2.80. The molecule has 11 heavy (non-hydrogen) atoms. The van der Waals surface area contributed by atoms with Gasteiger partial charge in [0, 0.05) is 0 Å². The molecule has 0 amide bonds. The fourth-order valence-electron chi connectivity index (χ4n) is 0.926. The van der Waals surface area contributed by atoms with E-state index in [9.17, 15) is 0 Å². The fraction of sp³-hybridized carbons (Fsp3) is 0.455. The van der Waals surface area contributed by atoms with E-state index in [0.29, 0.717) is 0 Å². The minimum Gasteiger partial charge on any atom is -0.0877 e. The van der Waals surface area contributed by atoms with Crippen molar-refractivity contribution in [3.05, 3.63) is 35.5 Å². The van der Waals surface area contributed by atoms with Gasteiger partial charge in [0.1, 0.15) is 0 Å². The van der Waals surface area contributed by atoms with Gasteiger partial charge in [-0.3, -0.25) is 0 Å². The lowest BCUT2D eigenvalue weighted by atomic mass is 10.0. The Labute approximate surface area is 70.3 Å².